The van der Waals surface area contributed by atoms with Gasteiger partial charge < -0.3 is 20.1 Å². The number of nitrogens with one attached hydrogen (secondary N) is 1. The number of aromatic nitrogens is 2. The van der Waals surface area contributed by atoms with Crippen molar-refractivity contribution in [2.75, 3.05) is 13.1 Å². The first-order chi connectivity index (χ1) is 9.66. The molecular formula is C14H17N3O3. The van der Waals surface area contributed by atoms with Crippen LogP contribution in [0.3, 0.4) is 0 Å². The Labute approximate surface area is 116 Å². The Bertz CT molecular complexity index is 574. The Hall–Kier alpha value is -1.92. The van der Waals surface area contributed by atoms with E-state index >= 15 is 0 Å². The molecule has 1 saturated heterocycles. The number of hydrogen-bond donors (Lipinski definition) is 3. The van der Waals surface area contributed by atoms with E-state index in [4.69, 9.17) is 4.52 Å². The molecule has 2 heterocycles. The van der Waals surface area contributed by atoms with Crippen LogP contribution >= 0.6 is 0 Å². The molecule has 0 bridgehead atoms. The van der Waals surface area contributed by atoms with E-state index in [9.17, 15) is 10.2 Å². The van der Waals surface area contributed by atoms with Crippen molar-refractivity contribution in [1.29, 1.82) is 0 Å². The van der Waals surface area contributed by atoms with Gasteiger partial charge >= 0.3 is 0 Å². The summed E-state index contributed by atoms with van der Waals surface area (Å²) in [5.41, 5.74) is -0.0812. The molecule has 0 aliphatic carbocycles. The van der Waals surface area contributed by atoms with Gasteiger partial charge in [-0.05, 0) is 37.1 Å². The van der Waals surface area contributed by atoms with Gasteiger partial charge in [-0.25, -0.2) is 0 Å². The molecule has 2 aromatic rings. The molecule has 3 rings (SSSR count). The Morgan fingerprint density at radius 1 is 1.30 bits per heavy atom. The van der Waals surface area contributed by atoms with Crippen LogP contribution in [0.15, 0.2) is 28.8 Å². The molecule has 20 heavy (non-hydrogen) atoms. The molecule has 1 atom stereocenters. The van der Waals surface area contributed by atoms with Crippen molar-refractivity contribution in [2.24, 2.45) is 0 Å². The molecule has 3 N–H and O–H groups in total. The van der Waals surface area contributed by atoms with Crippen molar-refractivity contribution in [1.82, 2.24) is 15.5 Å². The van der Waals surface area contributed by atoms with E-state index in [1.165, 1.54) is 0 Å². The highest BCUT2D eigenvalue weighted by Crippen LogP contribution is 2.27. The van der Waals surface area contributed by atoms with Crippen LogP contribution in [0.2, 0.25) is 0 Å². The van der Waals surface area contributed by atoms with Crippen molar-refractivity contribution in [3.63, 3.8) is 0 Å². The van der Waals surface area contributed by atoms with Gasteiger partial charge in [0.15, 0.2) is 11.4 Å². The van der Waals surface area contributed by atoms with Crippen LogP contribution in [0.4, 0.5) is 0 Å². The fourth-order valence-electron chi connectivity index (χ4n) is 2.38. The lowest BCUT2D eigenvalue weighted by atomic mass is 9.94. The van der Waals surface area contributed by atoms with E-state index in [2.05, 4.69) is 15.5 Å². The standard InChI is InChI=1S/C14H17N3O3/c18-11-4-2-10(3-5-11)8-12-16-13(20-17-12)14(19)6-1-7-15-9-14/h2-5,15,18-19H,1,6-9H2. The highest BCUT2D eigenvalue weighted by molar-refractivity contribution is 5.27. The average Bonchev–Trinajstić information content (AvgIpc) is 2.92. The van der Waals surface area contributed by atoms with E-state index in [1.807, 2.05) is 12.1 Å². The number of benzene rings is 1. The molecule has 0 radical (unpaired) electrons. The van der Waals surface area contributed by atoms with Gasteiger partial charge in [0, 0.05) is 13.0 Å². The van der Waals surface area contributed by atoms with Gasteiger partial charge in [-0.3, -0.25) is 0 Å². The maximum absolute atomic E-state index is 10.5. The molecule has 1 aliphatic heterocycles. The SMILES string of the molecule is Oc1ccc(Cc2noc(C3(O)CCCNC3)n2)cc1. The van der Waals surface area contributed by atoms with Crippen LogP contribution in [0.5, 0.6) is 5.75 Å². The summed E-state index contributed by atoms with van der Waals surface area (Å²) in [6.45, 7) is 1.34. The van der Waals surface area contributed by atoms with Gasteiger partial charge in [0.05, 0.1) is 0 Å². The highest BCUT2D eigenvalue weighted by atomic mass is 16.5. The Morgan fingerprint density at radius 2 is 2.10 bits per heavy atom. The number of piperidine rings is 1. The minimum absolute atomic E-state index is 0.227. The maximum Gasteiger partial charge on any atom is 0.259 e. The molecule has 0 amide bonds. The molecule has 1 aromatic carbocycles. The van der Waals surface area contributed by atoms with Crippen molar-refractivity contribution in [3.05, 3.63) is 41.5 Å². The lowest BCUT2D eigenvalue weighted by molar-refractivity contribution is -0.0167. The van der Waals surface area contributed by atoms with Crippen LogP contribution < -0.4 is 5.32 Å². The summed E-state index contributed by atoms with van der Waals surface area (Å²) in [7, 11) is 0. The monoisotopic (exact) mass is 275 g/mol. The lowest BCUT2D eigenvalue weighted by Gasteiger charge is -2.28. The predicted molar refractivity (Wildman–Crippen MR) is 71.2 cm³/mol. The summed E-state index contributed by atoms with van der Waals surface area (Å²) in [5, 5.41) is 26.8. The van der Waals surface area contributed by atoms with E-state index in [-0.39, 0.29) is 11.6 Å². The molecule has 0 spiro atoms. The van der Waals surface area contributed by atoms with Crippen LogP contribution in [-0.4, -0.2) is 33.4 Å². The number of aromatic hydroxyl groups is 1. The molecule has 1 fully saturated rings. The first kappa shape index (κ1) is 13.1. The third-order valence-electron chi connectivity index (χ3n) is 3.53. The fraction of sp³-hybridized carbons (Fsp3) is 0.429. The molecule has 1 unspecified atom stereocenters. The number of aliphatic hydroxyl groups is 1. The van der Waals surface area contributed by atoms with E-state index in [0.717, 1.165) is 18.5 Å². The normalized spacial score (nSPS) is 22.9. The molecule has 106 valence electrons. The summed E-state index contributed by atoms with van der Waals surface area (Å²) in [6.07, 6.45) is 2.01. The molecule has 0 saturated carbocycles. The largest absolute Gasteiger partial charge is 0.508 e. The first-order valence-electron chi connectivity index (χ1n) is 6.70. The van der Waals surface area contributed by atoms with Crippen LogP contribution in [0.25, 0.3) is 0 Å². The zero-order valence-corrected chi connectivity index (χ0v) is 11.0. The molecular weight excluding hydrogens is 258 g/mol. The second-order valence-electron chi connectivity index (χ2n) is 5.17. The van der Waals surface area contributed by atoms with E-state index < -0.39 is 5.60 Å². The average molecular weight is 275 g/mol. The number of hydrogen-bond acceptors (Lipinski definition) is 6. The van der Waals surface area contributed by atoms with Gasteiger partial charge in [-0.1, -0.05) is 17.3 Å². The number of β-amino-alcohol motifs (C(OH)–C–C–N with tert-alkyl or cyclic N) is 1. The van der Waals surface area contributed by atoms with Gasteiger partial charge in [0.2, 0.25) is 0 Å². The lowest BCUT2D eigenvalue weighted by Crippen LogP contribution is -2.43. The van der Waals surface area contributed by atoms with Crippen molar-refractivity contribution in [2.45, 2.75) is 24.9 Å². The summed E-state index contributed by atoms with van der Waals surface area (Å²) in [5.74, 6) is 1.04. The Morgan fingerprint density at radius 3 is 2.80 bits per heavy atom. The fourth-order valence-corrected chi connectivity index (χ4v) is 2.38. The molecule has 6 nitrogen and oxygen atoms in total. The third kappa shape index (κ3) is 2.66. The minimum Gasteiger partial charge on any atom is -0.508 e. The van der Waals surface area contributed by atoms with E-state index in [0.29, 0.717) is 25.2 Å². The van der Waals surface area contributed by atoms with Crippen LogP contribution in [-0.2, 0) is 12.0 Å². The van der Waals surface area contributed by atoms with Gasteiger partial charge in [-0.2, -0.15) is 4.98 Å². The Kier molecular flexibility index (Phi) is 3.42. The molecule has 6 heteroatoms. The van der Waals surface area contributed by atoms with Crippen molar-refractivity contribution >= 4 is 0 Å². The van der Waals surface area contributed by atoms with Gasteiger partial charge in [0.1, 0.15) is 5.75 Å². The van der Waals surface area contributed by atoms with Crippen LogP contribution in [0.1, 0.15) is 30.1 Å². The number of rotatable bonds is 3. The number of nitrogens with zero attached hydrogens (tertiary/aromatic N) is 2. The summed E-state index contributed by atoms with van der Waals surface area (Å²) in [4.78, 5) is 4.29. The zero-order valence-electron chi connectivity index (χ0n) is 11.0. The summed E-state index contributed by atoms with van der Waals surface area (Å²) < 4.78 is 5.20. The highest BCUT2D eigenvalue weighted by Gasteiger charge is 2.36. The summed E-state index contributed by atoms with van der Waals surface area (Å²) >= 11 is 0. The van der Waals surface area contributed by atoms with E-state index in [1.54, 1.807) is 12.1 Å². The second kappa shape index (κ2) is 5.22. The summed E-state index contributed by atoms with van der Waals surface area (Å²) in [6, 6.07) is 6.86. The zero-order chi connectivity index (χ0) is 14.0. The van der Waals surface area contributed by atoms with Crippen molar-refractivity contribution < 1.29 is 14.7 Å². The van der Waals surface area contributed by atoms with Crippen LogP contribution in [0, 0.1) is 0 Å². The Balaban J connectivity index is 1.74. The molecule has 1 aliphatic rings. The minimum atomic E-state index is -1.06. The second-order valence-corrected chi connectivity index (χ2v) is 5.17. The quantitative estimate of drug-likeness (QED) is 0.772. The number of phenolic OH excluding ortho intramolecular Hbond substituents is 1. The number of phenols is 1. The molecule has 1 aromatic heterocycles. The first-order valence-corrected chi connectivity index (χ1v) is 6.70. The smallest absolute Gasteiger partial charge is 0.259 e. The van der Waals surface area contributed by atoms with Gasteiger partial charge in [-0.15, -0.1) is 0 Å². The third-order valence-corrected chi connectivity index (χ3v) is 3.53. The maximum atomic E-state index is 10.5. The van der Waals surface area contributed by atoms with Crippen molar-refractivity contribution in [3.8, 4) is 5.75 Å². The topological polar surface area (TPSA) is 91.4 Å². The van der Waals surface area contributed by atoms with Gasteiger partial charge in [0.25, 0.3) is 5.89 Å². The predicted octanol–water partition coefficient (Wildman–Crippen LogP) is 0.937.